The van der Waals surface area contributed by atoms with Crippen LogP contribution in [0.4, 0.5) is 4.39 Å². The predicted octanol–water partition coefficient (Wildman–Crippen LogP) is 3.95. The van der Waals surface area contributed by atoms with Crippen LogP contribution >= 0.6 is 0 Å². The van der Waals surface area contributed by atoms with Crippen molar-refractivity contribution in [3.8, 4) is 11.5 Å². The standard InChI is InChI=1S/C14H17FN2O/c1-4-5-13-16-17-14(18-13)10-6-7-11(9(2)3)12(15)8-10/h6-9H,4-5H2,1-3H3. The van der Waals surface area contributed by atoms with E-state index in [0.717, 1.165) is 12.8 Å². The van der Waals surface area contributed by atoms with Crippen molar-refractivity contribution in [1.29, 1.82) is 0 Å². The molecular weight excluding hydrogens is 231 g/mol. The minimum absolute atomic E-state index is 0.164. The molecule has 0 radical (unpaired) electrons. The second kappa shape index (κ2) is 5.29. The van der Waals surface area contributed by atoms with Gasteiger partial charge in [-0.15, -0.1) is 10.2 Å². The van der Waals surface area contributed by atoms with Crippen LogP contribution in [0, 0.1) is 5.82 Å². The highest BCUT2D eigenvalue weighted by atomic mass is 19.1. The highest BCUT2D eigenvalue weighted by Crippen LogP contribution is 2.24. The predicted molar refractivity (Wildman–Crippen MR) is 67.8 cm³/mol. The lowest BCUT2D eigenvalue weighted by Gasteiger charge is -2.07. The Labute approximate surface area is 106 Å². The molecule has 0 aliphatic rings. The van der Waals surface area contributed by atoms with Crippen LogP contribution in [0.25, 0.3) is 11.5 Å². The topological polar surface area (TPSA) is 38.9 Å². The first-order chi connectivity index (χ1) is 8.61. The summed E-state index contributed by atoms with van der Waals surface area (Å²) in [5.41, 5.74) is 1.33. The fourth-order valence-corrected chi connectivity index (χ4v) is 1.81. The van der Waals surface area contributed by atoms with E-state index in [1.165, 1.54) is 6.07 Å². The Morgan fingerprint density at radius 1 is 1.28 bits per heavy atom. The van der Waals surface area contributed by atoms with Crippen molar-refractivity contribution in [1.82, 2.24) is 10.2 Å². The molecule has 0 atom stereocenters. The van der Waals surface area contributed by atoms with E-state index < -0.39 is 0 Å². The van der Waals surface area contributed by atoms with E-state index in [1.54, 1.807) is 6.07 Å². The molecule has 1 heterocycles. The molecule has 96 valence electrons. The van der Waals surface area contributed by atoms with Gasteiger partial charge < -0.3 is 4.42 Å². The van der Waals surface area contributed by atoms with Gasteiger partial charge in [0.15, 0.2) is 0 Å². The average Bonchev–Trinajstić information content (AvgIpc) is 2.77. The van der Waals surface area contributed by atoms with Crippen molar-refractivity contribution in [3.63, 3.8) is 0 Å². The number of nitrogens with zero attached hydrogens (tertiary/aromatic N) is 2. The lowest BCUT2D eigenvalue weighted by molar-refractivity contribution is 0.501. The molecule has 1 aromatic heterocycles. The molecule has 0 fully saturated rings. The number of hydrogen-bond acceptors (Lipinski definition) is 3. The van der Waals surface area contributed by atoms with E-state index >= 15 is 0 Å². The molecule has 4 heteroatoms. The Kier molecular flexibility index (Phi) is 3.75. The van der Waals surface area contributed by atoms with E-state index in [9.17, 15) is 4.39 Å². The number of benzene rings is 1. The smallest absolute Gasteiger partial charge is 0.247 e. The lowest BCUT2D eigenvalue weighted by atomic mass is 10.0. The fraction of sp³-hybridized carbons (Fsp3) is 0.429. The zero-order valence-electron chi connectivity index (χ0n) is 10.9. The second-order valence-electron chi connectivity index (χ2n) is 4.64. The third-order valence-corrected chi connectivity index (χ3v) is 2.80. The van der Waals surface area contributed by atoms with E-state index in [4.69, 9.17) is 4.42 Å². The van der Waals surface area contributed by atoms with Crippen molar-refractivity contribution in [2.75, 3.05) is 0 Å². The van der Waals surface area contributed by atoms with Gasteiger partial charge in [-0.25, -0.2) is 4.39 Å². The first-order valence-corrected chi connectivity index (χ1v) is 6.24. The van der Waals surface area contributed by atoms with Crippen LogP contribution in [0.3, 0.4) is 0 Å². The maximum atomic E-state index is 13.9. The van der Waals surface area contributed by atoms with Crippen molar-refractivity contribution in [3.05, 3.63) is 35.5 Å². The Bertz CT molecular complexity index is 534. The summed E-state index contributed by atoms with van der Waals surface area (Å²) in [5, 5.41) is 7.87. The maximum absolute atomic E-state index is 13.9. The number of aryl methyl sites for hydroxylation is 1. The minimum Gasteiger partial charge on any atom is -0.421 e. The molecular formula is C14H17FN2O. The van der Waals surface area contributed by atoms with Crippen molar-refractivity contribution >= 4 is 0 Å². The third kappa shape index (κ3) is 2.58. The SMILES string of the molecule is CCCc1nnc(-c2ccc(C(C)C)c(F)c2)o1. The average molecular weight is 248 g/mol. The van der Waals surface area contributed by atoms with Gasteiger partial charge in [0.25, 0.3) is 0 Å². The third-order valence-electron chi connectivity index (χ3n) is 2.80. The van der Waals surface area contributed by atoms with Crippen LogP contribution in [0.5, 0.6) is 0 Å². The summed E-state index contributed by atoms with van der Waals surface area (Å²) in [4.78, 5) is 0. The number of rotatable bonds is 4. The Morgan fingerprint density at radius 3 is 2.67 bits per heavy atom. The summed E-state index contributed by atoms with van der Waals surface area (Å²) >= 11 is 0. The molecule has 0 saturated heterocycles. The molecule has 0 saturated carbocycles. The molecule has 0 N–H and O–H groups in total. The zero-order chi connectivity index (χ0) is 13.1. The van der Waals surface area contributed by atoms with Gasteiger partial charge in [-0.05, 0) is 30.0 Å². The van der Waals surface area contributed by atoms with Gasteiger partial charge in [-0.1, -0.05) is 26.8 Å². The van der Waals surface area contributed by atoms with Crippen LogP contribution in [0.1, 0.15) is 44.6 Å². The van der Waals surface area contributed by atoms with Crippen molar-refractivity contribution in [2.45, 2.75) is 39.5 Å². The molecule has 0 unspecified atom stereocenters. The molecule has 0 amide bonds. The zero-order valence-corrected chi connectivity index (χ0v) is 10.9. The van der Waals surface area contributed by atoms with Crippen molar-refractivity contribution < 1.29 is 8.81 Å². The molecule has 0 bridgehead atoms. The van der Waals surface area contributed by atoms with E-state index in [-0.39, 0.29) is 11.7 Å². The van der Waals surface area contributed by atoms with Gasteiger partial charge in [0.1, 0.15) is 5.82 Å². The molecule has 0 aliphatic heterocycles. The molecule has 3 nitrogen and oxygen atoms in total. The molecule has 2 rings (SSSR count). The largest absolute Gasteiger partial charge is 0.421 e. The van der Waals surface area contributed by atoms with Crippen LogP contribution in [-0.2, 0) is 6.42 Å². The first kappa shape index (κ1) is 12.7. The van der Waals surface area contributed by atoms with Gasteiger partial charge in [0, 0.05) is 12.0 Å². The Hall–Kier alpha value is -1.71. The maximum Gasteiger partial charge on any atom is 0.247 e. The van der Waals surface area contributed by atoms with Crippen LogP contribution in [0.15, 0.2) is 22.6 Å². The van der Waals surface area contributed by atoms with Gasteiger partial charge in [0.05, 0.1) is 0 Å². The highest BCUT2D eigenvalue weighted by molar-refractivity contribution is 5.53. The van der Waals surface area contributed by atoms with Crippen LogP contribution < -0.4 is 0 Å². The highest BCUT2D eigenvalue weighted by Gasteiger charge is 2.12. The molecule has 1 aromatic carbocycles. The van der Waals surface area contributed by atoms with E-state index in [1.807, 2.05) is 26.8 Å². The molecule has 2 aromatic rings. The second-order valence-corrected chi connectivity index (χ2v) is 4.64. The number of aromatic nitrogens is 2. The summed E-state index contributed by atoms with van der Waals surface area (Å²) in [5.74, 6) is 0.920. The summed E-state index contributed by atoms with van der Waals surface area (Å²) in [6.45, 7) is 5.97. The quantitative estimate of drug-likeness (QED) is 0.822. The van der Waals surface area contributed by atoms with Gasteiger partial charge in [-0.3, -0.25) is 0 Å². The number of halogens is 1. The van der Waals surface area contributed by atoms with Crippen LogP contribution in [0.2, 0.25) is 0 Å². The lowest BCUT2D eigenvalue weighted by Crippen LogP contribution is -1.93. The molecule has 0 spiro atoms. The fourth-order valence-electron chi connectivity index (χ4n) is 1.81. The minimum atomic E-state index is -0.224. The summed E-state index contributed by atoms with van der Waals surface area (Å²) in [7, 11) is 0. The summed E-state index contributed by atoms with van der Waals surface area (Å²) < 4.78 is 19.3. The van der Waals surface area contributed by atoms with Crippen molar-refractivity contribution in [2.24, 2.45) is 0 Å². The molecule has 18 heavy (non-hydrogen) atoms. The van der Waals surface area contributed by atoms with E-state index in [0.29, 0.717) is 22.9 Å². The van der Waals surface area contributed by atoms with Crippen LogP contribution in [-0.4, -0.2) is 10.2 Å². The normalized spacial score (nSPS) is 11.2. The Balaban J connectivity index is 2.30. The van der Waals surface area contributed by atoms with Gasteiger partial charge >= 0.3 is 0 Å². The van der Waals surface area contributed by atoms with Gasteiger partial charge in [-0.2, -0.15) is 0 Å². The summed E-state index contributed by atoms with van der Waals surface area (Å²) in [6.07, 6.45) is 1.70. The number of hydrogen-bond donors (Lipinski definition) is 0. The van der Waals surface area contributed by atoms with E-state index in [2.05, 4.69) is 10.2 Å². The first-order valence-electron chi connectivity index (χ1n) is 6.24. The molecule has 0 aliphatic carbocycles. The Morgan fingerprint density at radius 2 is 2.06 bits per heavy atom. The van der Waals surface area contributed by atoms with Gasteiger partial charge in [0.2, 0.25) is 11.8 Å². The summed E-state index contributed by atoms with van der Waals surface area (Å²) in [6, 6.07) is 5.05. The monoisotopic (exact) mass is 248 g/mol.